The normalized spacial score (nSPS) is 19.3. The molecule has 2 fully saturated rings. The van der Waals surface area contributed by atoms with E-state index >= 15 is 0 Å². The van der Waals surface area contributed by atoms with Gasteiger partial charge in [0.2, 0.25) is 23.5 Å². The summed E-state index contributed by atoms with van der Waals surface area (Å²) in [5, 5.41) is 19.7. The Hall–Kier alpha value is -5.21. The van der Waals surface area contributed by atoms with Crippen LogP contribution in [-0.4, -0.2) is 74.4 Å². The fourth-order valence-electron chi connectivity index (χ4n) is 6.84. The molecule has 1 saturated heterocycles. The third-order valence-corrected chi connectivity index (χ3v) is 9.78. The zero-order valence-electron chi connectivity index (χ0n) is 28.4. The molecule has 4 aromatic rings. The van der Waals surface area contributed by atoms with Crippen molar-refractivity contribution in [2.75, 3.05) is 18.0 Å². The number of aromatic amines is 1. The molecule has 0 spiro atoms. The molecule has 1 saturated carbocycles. The van der Waals surface area contributed by atoms with Crippen molar-refractivity contribution in [1.29, 1.82) is 0 Å². The number of H-pyrrole nitrogens is 1. The number of halogens is 1. The van der Waals surface area contributed by atoms with Crippen LogP contribution >= 0.6 is 12.4 Å². The average molecular weight is 715 g/mol. The molecule has 3 heterocycles. The monoisotopic (exact) mass is 714 g/mol. The summed E-state index contributed by atoms with van der Waals surface area (Å²) in [5.41, 5.74) is 16.8. The van der Waals surface area contributed by atoms with Gasteiger partial charge in [0.1, 0.15) is 17.8 Å². The second-order valence-corrected chi connectivity index (χ2v) is 13.1. The number of primary amides is 1. The Balaban J connectivity index is 0.00000504. The first-order valence-electron chi connectivity index (χ1n) is 17.0. The first-order valence-corrected chi connectivity index (χ1v) is 17.0. The first kappa shape index (κ1) is 37.1. The summed E-state index contributed by atoms with van der Waals surface area (Å²) in [6, 6.07) is 15.0. The van der Waals surface area contributed by atoms with E-state index in [1.807, 2.05) is 31.2 Å². The van der Waals surface area contributed by atoms with Crippen LogP contribution in [0.3, 0.4) is 0 Å². The molecule has 2 aromatic carbocycles. The highest BCUT2D eigenvalue weighted by molar-refractivity contribution is 6.02. The van der Waals surface area contributed by atoms with E-state index in [9.17, 15) is 19.2 Å². The van der Waals surface area contributed by atoms with Crippen LogP contribution in [-0.2, 0) is 20.8 Å². The van der Waals surface area contributed by atoms with E-state index in [1.54, 1.807) is 41.4 Å². The molecule has 2 aliphatic rings. The standard InChI is InChI=1S/C36H42N10O4.ClH/c1-21-17-30(35(49)41-29-3-2-16-39-34(29)48)40-20-28(21)24-8-4-22(5-9-24)18-31(32(38)47)46(36(50)26-10-6-23(19-37)7-11-26)27-14-12-25(13-15-27)33-42-44-45-43-33;/h4-5,8-9,12-15,17,20,23,26,29,31H,2-3,6-7,10-11,16,18-19,37H2,1H3,(H2,38,47)(H,39,48)(H,41,49)(H,42,43,44,45);1H/t23?,26?,29-,31+;/m1./s1. The van der Waals surface area contributed by atoms with Crippen molar-refractivity contribution >= 4 is 41.7 Å². The molecule has 0 unspecified atom stereocenters. The van der Waals surface area contributed by atoms with Crippen LogP contribution in [0.25, 0.3) is 22.5 Å². The molecule has 0 bridgehead atoms. The topological polar surface area (TPSA) is 215 Å². The minimum atomic E-state index is -0.941. The number of anilines is 1. The summed E-state index contributed by atoms with van der Waals surface area (Å²) >= 11 is 0. The Morgan fingerprint density at radius 2 is 1.71 bits per heavy atom. The van der Waals surface area contributed by atoms with Gasteiger partial charge in [0, 0.05) is 41.9 Å². The van der Waals surface area contributed by atoms with E-state index in [0.717, 1.165) is 41.5 Å². The summed E-state index contributed by atoms with van der Waals surface area (Å²) in [6.07, 6.45) is 6.35. The molecule has 268 valence electrons. The van der Waals surface area contributed by atoms with Crippen LogP contribution in [0.15, 0.2) is 60.8 Å². The Kier molecular flexibility index (Phi) is 12.1. The molecule has 2 atom stereocenters. The Morgan fingerprint density at radius 3 is 2.31 bits per heavy atom. The van der Waals surface area contributed by atoms with Crippen molar-refractivity contribution < 1.29 is 19.2 Å². The summed E-state index contributed by atoms with van der Waals surface area (Å²) in [7, 11) is 0. The van der Waals surface area contributed by atoms with E-state index < -0.39 is 23.9 Å². The maximum Gasteiger partial charge on any atom is 0.270 e. The predicted octanol–water partition coefficient (Wildman–Crippen LogP) is 2.86. The molecule has 4 amide bonds. The van der Waals surface area contributed by atoms with Crippen molar-refractivity contribution in [3.63, 3.8) is 0 Å². The van der Waals surface area contributed by atoms with Gasteiger partial charge in [-0.25, -0.2) is 0 Å². The number of pyridine rings is 1. The number of aromatic nitrogens is 5. The number of nitrogens with one attached hydrogen (secondary N) is 3. The van der Waals surface area contributed by atoms with Gasteiger partial charge in [-0.2, -0.15) is 5.21 Å². The molecule has 15 heteroatoms. The van der Waals surface area contributed by atoms with E-state index in [-0.39, 0.29) is 42.3 Å². The fraction of sp³-hybridized carbons (Fsp3) is 0.389. The minimum absolute atomic E-state index is 0. The summed E-state index contributed by atoms with van der Waals surface area (Å²) < 4.78 is 0. The van der Waals surface area contributed by atoms with Gasteiger partial charge in [0.15, 0.2) is 0 Å². The number of benzene rings is 2. The lowest BCUT2D eigenvalue weighted by Gasteiger charge is -2.35. The highest BCUT2D eigenvalue weighted by Gasteiger charge is 2.36. The van der Waals surface area contributed by atoms with Gasteiger partial charge in [-0.1, -0.05) is 24.3 Å². The molecular weight excluding hydrogens is 672 g/mol. The second kappa shape index (κ2) is 16.7. The van der Waals surface area contributed by atoms with E-state index in [4.69, 9.17) is 11.5 Å². The number of nitrogens with two attached hydrogens (primary N) is 2. The van der Waals surface area contributed by atoms with Gasteiger partial charge < -0.3 is 22.1 Å². The largest absolute Gasteiger partial charge is 0.368 e. The molecule has 0 radical (unpaired) electrons. The number of carbonyl (C=O) groups excluding carboxylic acids is 4. The minimum Gasteiger partial charge on any atom is -0.368 e. The lowest BCUT2D eigenvalue weighted by atomic mass is 9.81. The first-order chi connectivity index (χ1) is 24.2. The second-order valence-electron chi connectivity index (χ2n) is 13.1. The van der Waals surface area contributed by atoms with Gasteiger partial charge in [-0.3, -0.25) is 29.1 Å². The molecule has 2 aromatic heterocycles. The molecule has 1 aliphatic heterocycles. The number of amides is 4. The Morgan fingerprint density at radius 1 is 1.00 bits per heavy atom. The number of tetrazole rings is 1. The van der Waals surface area contributed by atoms with Crippen LogP contribution in [0.1, 0.15) is 60.1 Å². The number of carbonyl (C=O) groups is 4. The van der Waals surface area contributed by atoms with Gasteiger partial charge >= 0.3 is 0 Å². The molecule has 14 nitrogen and oxygen atoms in total. The number of hydrogen-bond acceptors (Lipinski definition) is 9. The van der Waals surface area contributed by atoms with Crippen LogP contribution < -0.4 is 27.0 Å². The van der Waals surface area contributed by atoms with Gasteiger partial charge in [-0.05, 0) is 110 Å². The fourth-order valence-corrected chi connectivity index (χ4v) is 6.84. The third kappa shape index (κ3) is 8.58. The molecule has 1 aliphatic carbocycles. The molecular formula is C36H43ClN10O4. The molecule has 7 N–H and O–H groups in total. The van der Waals surface area contributed by atoms with Crippen LogP contribution in [0.4, 0.5) is 5.69 Å². The van der Waals surface area contributed by atoms with Crippen molar-refractivity contribution in [2.24, 2.45) is 23.3 Å². The zero-order chi connectivity index (χ0) is 35.2. The summed E-state index contributed by atoms with van der Waals surface area (Å²) in [6.45, 7) is 3.10. The maximum atomic E-state index is 14.2. The Bertz CT molecular complexity index is 1830. The number of hydrogen-bond donors (Lipinski definition) is 5. The van der Waals surface area contributed by atoms with Crippen LogP contribution in [0, 0.1) is 18.8 Å². The molecule has 51 heavy (non-hydrogen) atoms. The van der Waals surface area contributed by atoms with Gasteiger partial charge in [-0.15, -0.1) is 22.6 Å². The third-order valence-electron chi connectivity index (χ3n) is 9.78. The highest BCUT2D eigenvalue weighted by Crippen LogP contribution is 2.33. The van der Waals surface area contributed by atoms with E-state index in [1.165, 1.54) is 0 Å². The van der Waals surface area contributed by atoms with E-state index in [0.29, 0.717) is 55.3 Å². The van der Waals surface area contributed by atoms with Crippen molar-refractivity contribution in [3.05, 3.63) is 77.6 Å². The smallest absolute Gasteiger partial charge is 0.270 e. The van der Waals surface area contributed by atoms with Gasteiger partial charge in [0.05, 0.1) is 0 Å². The number of rotatable bonds is 11. The van der Waals surface area contributed by atoms with Crippen LogP contribution in [0.2, 0.25) is 0 Å². The average Bonchev–Trinajstić information content (AvgIpc) is 3.68. The predicted molar refractivity (Wildman–Crippen MR) is 193 cm³/mol. The number of aryl methyl sites for hydroxylation is 1. The number of piperidine rings is 1. The summed E-state index contributed by atoms with van der Waals surface area (Å²) in [4.78, 5) is 58.2. The van der Waals surface area contributed by atoms with Crippen molar-refractivity contribution in [3.8, 4) is 22.5 Å². The van der Waals surface area contributed by atoms with Crippen molar-refractivity contribution in [2.45, 2.75) is 64.0 Å². The Labute approximate surface area is 301 Å². The SMILES string of the molecule is Cc1cc(C(=O)N[C@@H]2CCCNC2=O)ncc1-c1ccc(C[C@@H](C(N)=O)N(C(=O)C2CCC(CN)CC2)c2ccc(-c3nn[nH]n3)cc2)cc1.Cl. The highest BCUT2D eigenvalue weighted by atomic mass is 35.5. The quantitative estimate of drug-likeness (QED) is 0.154. The van der Waals surface area contributed by atoms with Crippen molar-refractivity contribution in [1.82, 2.24) is 36.2 Å². The molecule has 6 rings (SSSR count). The van der Waals surface area contributed by atoms with Crippen LogP contribution in [0.5, 0.6) is 0 Å². The van der Waals surface area contributed by atoms with Gasteiger partial charge in [0.25, 0.3) is 5.91 Å². The number of nitrogens with zero attached hydrogens (tertiary/aromatic N) is 5. The van der Waals surface area contributed by atoms with E-state index in [2.05, 4.69) is 36.2 Å². The lowest BCUT2D eigenvalue weighted by Crippen LogP contribution is -2.52. The lowest BCUT2D eigenvalue weighted by molar-refractivity contribution is -0.127. The maximum absolute atomic E-state index is 14.2. The zero-order valence-corrected chi connectivity index (χ0v) is 29.2. The summed E-state index contributed by atoms with van der Waals surface area (Å²) in [5.74, 6) is -0.771.